The highest BCUT2D eigenvalue weighted by molar-refractivity contribution is 6.23. The molecule has 0 atom stereocenters. The van der Waals surface area contributed by atoms with Crippen LogP contribution in [0, 0.1) is 6.92 Å². The highest BCUT2D eigenvalue weighted by Gasteiger charge is 2.25. The third-order valence-corrected chi connectivity index (χ3v) is 7.63. The molecule has 7 aromatic rings. The summed E-state index contributed by atoms with van der Waals surface area (Å²) in [6, 6.07) is 58.4. The SMILES string of the molecule is Cc1ccc2c(N(c3ccccc3)c3ccccc3)c3ccccc3c(N(c3ccccc3)c3ccccc3)c2c1. The summed E-state index contributed by atoms with van der Waals surface area (Å²) in [7, 11) is 0. The molecule has 0 aliphatic carbocycles. The second-order valence-corrected chi connectivity index (χ2v) is 10.3. The van der Waals surface area contributed by atoms with E-state index in [0.717, 1.165) is 22.7 Å². The van der Waals surface area contributed by atoms with Gasteiger partial charge in [-0.3, -0.25) is 0 Å². The van der Waals surface area contributed by atoms with Crippen LogP contribution in [0.4, 0.5) is 34.1 Å². The summed E-state index contributed by atoms with van der Waals surface area (Å²) in [6.45, 7) is 2.18. The van der Waals surface area contributed by atoms with Crippen molar-refractivity contribution in [3.63, 3.8) is 0 Å². The molecule has 0 spiro atoms. The summed E-state index contributed by atoms with van der Waals surface area (Å²) in [5, 5.41) is 4.81. The lowest BCUT2D eigenvalue weighted by atomic mass is 9.94. The van der Waals surface area contributed by atoms with Gasteiger partial charge in [-0.25, -0.2) is 0 Å². The largest absolute Gasteiger partial charge is 0.309 e. The first-order valence-corrected chi connectivity index (χ1v) is 14.0. The van der Waals surface area contributed by atoms with Crippen molar-refractivity contribution in [2.75, 3.05) is 9.80 Å². The van der Waals surface area contributed by atoms with Gasteiger partial charge in [-0.1, -0.05) is 115 Å². The molecule has 7 aromatic carbocycles. The predicted molar refractivity (Wildman–Crippen MR) is 176 cm³/mol. The van der Waals surface area contributed by atoms with Crippen LogP contribution in [0.5, 0.6) is 0 Å². The zero-order valence-corrected chi connectivity index (χ0v) is 23.0. The monoisotopic (exact) mass is 526 g/mol. The van der Waals surface area contributed by atoms with E-state index < -0.39 is 0 Å². The average molecular weight is 527 g/mol. The predicted octanol–water partition coefficient (Wildman–Crippen LogP) is 11.2. The third kappa shape index (κ3) is 4.50. The topological polar surface area (TPSA) is 6.48 Å². The molecule has 0 fully saturated rings. The molecule has 0 aromatic heterocycles. The molecule has 0 aliphatic heterocycles. The maximum atomic E-state index is 2.41. The minimum absolute atomic E-state index is 1.13. The number of hydrogen-bond acceptors (Lipinski definition) is 2. The number of anilines is 6. The lowest BCUT2D eigenvalue weighted by molar-refractivity contribution is 1.29. The Balaban J connectivity index is 1.64. The van der Waals surface area contributed by atoms with Crippen LogP contribution in [0.2, 0.25) is 0 Å². The Hall–Kier alpha value is -5.34. The average Bonchev–Trinajstić information content (AvgIpc) is 3.04. The second-order valence-electron chi connectivity index (χ2n) is 10.3. The molecular formula is C39H30N2. The Morgan fingerprint density at radius 2 is 0.634 bits per heavy atom. The highest BCUT2D eigenvalue weighted by atomic mass is 15.2. The summed E-state index contributed by atoms with van der Waals surface area (Å²) in [6.07, 6.45) is 0. The molecule has 2 heteroatoms. The Kier molecular flexibility index (Phi) is 6.42. The Morgan fingerprint density at radius 1 is 0.317 bits per heavy atom. The zero-order valence-electron chi connectivity index (χ0n) is 23.0. The van der Waals surface area contributed by atoms with E-state index in [9.17, 15) is 0 Å². The lowest BCUT2D eigenvalue weighted by Crippen LogP contribution is -2.14. The number of fused-ring (bicyclic) bond motifs is 2. The van der Waals surface area contributed by atoms with Crippen molar-refractivity contribution in [3.8, 4) is 0 Å². The quantitative estimate of drug-likeness (QED) is 0.157. The van der Waals surface area contributed by atoms with E-state index in [0.29, 0.717) is 0 Å². The zero-order chi connectivity index (χ0) is 27.6. The van der Waals surface area contributed by atoms with Gasteiger partial charge in [0, 0.05) is 44.3 Å². The Labute approximate surface area is 241 Å². The fraction of sp³-hybridized carbons (Fsp3) is 0.0256. The van der Waals surface area contributed by atoms with Crippen LogP contribution >= 0.6 is 0 Å². The number of nitrogens with zero attached hydrogens (tertiary/aromatic N) is 2. The Morgan fingerprint density at radius 3 is 1.02 bits per heavy atom. The van der Waals surface area contributed by atoms with Gasteiger partial charge in [-0.15, -0.1) is 0 Å². The summed E-state index contributed by atoms with van der Waals surface area (Å²) < 4.78 is 0. The molecule has 0 heterocycles. The van der Waals surface area contributed by atoms with Gasteiger partial charge in [0.15, 0.2) is 0 Å². The van der Waals surface area contributed by atoms with Crippen LogP contribution in [0.25, 0.3) is 21.5 Å². The Bertz CT molecular complexity index is 1850. The molecule has 7 rings (SSSR count). The van der Waals surface area contributed by atoms with Crippen LogP contribution in [-0.4, -0.2) is 0 Å². The van der Waals surface area contributed by atoms with E-state index in [1.807, 2.05) is 0 Å². The van der Waals surface area contributed by atoms with E-state index in [1.54, 1.807) is 0 Å². The van der Waals surface area contributed by atoms with Gasteiger partial charge in [0.2, 0.25) is 0 Å². The number of aryl methyl sites for hydroxylation is 1. The van der Waals surface area contributed by atoms with Crippen LogP contribution in [-0.2, 0) is 0 Å². The molecule has 0 saturated heterocycles. The van der Waals surface area contributed by atoms with Gasteiger partial charge in [0.1, 0.15) is 0 Å². The van der Waals surface area contributed by atoms with Gasteiger partial charge in [0.25, 0.3) is 0 Å². The van der Waals surface area contributed by atoms with E-state index in [1.165, 1.54) is 38.5 Å². The maximum absolute atomic E-state index is 2.41. The van der Waals surface area contributed by atoms with Gasteiger partial charge >= 0.3 is 0 Å². The van der Waals surface area contributed by atoms with Gasteiger partial charge in [-0.2, -0.15) is 0 Å². The number of hydrogen-bond donors (Lipinski definition) is 0. The number of benzene rings is 7. The van der Waals surface area contributed by atoms with Crippen molar-refractivity contribution in [1.29, 1.82) is 0 Å². The van der Waals surface area contributed by atoms with Crippen LogP contribution in [0.15, 0.2) is 164 Å². The molecule has 196 valence electrons. The maximum Gasteiger partial charge on any atom is 0.0620 e. The van der Waals surface area contributed by atoms with E-state index in [4.69, 9.17) is 0 Å². The molecule has 0 saturated carbocycles. The van der Waals surface area contributed by atoms with E-state index >= 15 is 0 Å². The first-order chi connectivity index (χ1) is 20.3. The van der Waals surface area contributed by atoms with Crippen molar-refractivity contribution in [1.82, 2.24) is 0 Å². The molecule has 0 radical (unpaired) electrons. The normalized spacial score (nSPS) is 11.0. The summed E-state index contributed by atoms with van der Waals surface area (Å²) in [4.78, 5) is 4.81. The molecule has 0 bridgehead atoms. The highest BCUT2D eigenvalue weighted by Crippen LogP contribution is 2.50. The molecular weight excluding hydrogens is 496 g/mol. The minimum Gasteiger partial charge on any atom is -0.309 e. The molecule has 0 aliphatic rings. The van der Waals surface area contributed by atoms with Gasteiger partial charge in [0.05, 0.1) is 11.4 Å². The van der Waals surface area contributed by atoms with E-state index in [2.05, 4.69) is 181 Å². The molecule has 2 nitrogen and oxygen atoms in total. The molecule has 41 heavy (non-hydrogen) atoms. The number of para-hydroxylation sites is 4. The van der Waals surface area contributed by atoms with Crippen molar-refractivity contribution >= 4 is 55.7 Å². The molecule has 0 amide bonds. The van der Waals surface area contributed by atoms with Gasteiger partial charge < -0.3 is 9.80 Å². The van der Waals surface area contributed by atoms with Gasteiger partial charge in [-0.05, 0) is 61.5 Å². The van der Waals surface area contributed by atoms with Crippen LogP contribution in [0.3, 0.4) is 0 Å². The molecule has 0 N–H and O–H groups in total. The van der Waals surface area contributed by atoms with Crippen molar-refractivity contribution in [2.24, 2.45) is 0 Å². The van der Waals surface area contributed by atoms with Crippen molar-refractivity contribution in [3.05, 3.63) is 169 Å². The third-order valence-electron chi connectivity index (χ3n) is 7.63. The summed E-state index contributed by atoms with van der Waals surface area (Å²) in [5.74, 6) is 0. The minimum atomic E-state index is 1.13. The first-order valence-electron chi connectivity index (χ1n) is 14.0. The van der Waals surface area contributed by atoms with Crippen molar-refractivity contribution in [2.45, 2.75) is 6.92 Å². The standard InChI is InChI=1S/C39H30N2/c1-29-26-27-36-37(28-29)39(41(32-20-10-4-11-21-32)33-22-12-5-13-23-33)35-25-15-14-24-34(35)38(36)40(30-16-6-2-7-17-30)31-18-8-3-9-19-31/h2-28H,1H3. The fourth-order valence-corrected chi connectivity index (χ4v) is 5.85. The van der Waals surface area contributed by atoms with Crippen LogP contribution in [0.1, 0.15) is 5.56 Å². The summed E-state index contributed by atoms with van der Waals surface area (Å²) >= 11 is 0. The summed E-state index contributed by atoms with van der Waals surface area (Å²) in [5.41, 5.74) is 8.10. The first kappa shape index (κ1) is 24.7. The fourth-order valence-electron chi connectivity index (χ4n) is 5.85. The lowest BCUT2D eigenvalue weighted by Gasteiger charge is -2.33. The number of rotatable bonds is 6. The van der Waals surface area contributed by atoms with E-state index in [-0.39, 0.29) is 0 Å². The molecule has 0 unspecified atom stereocenters. The van der Waals surface area contributed by atoms with Crippen molar-refractivity contribution < 1.29 is 0 Å². The van der Waals surface area contributed by atoms with Crippen LogP contribution < -0.4 is 9.80 Å². The smallest absolute Gasteiger partial charge is 0.0620 e. The second kappa shape index (κ2) is 10.7.